The van der Waals surface area contributed by atoms with Gasteiger partial charge in [0.2, 0.25) is 0 Å². The van der Waals surface area contributed by atoms with Gasteiger partial charge in [0.25, 0.3) is 0 Å². The van der Waals surface area contributed by atoms with Crippen molar-refractivity contribution in [3.8, 4) is 0 Å². The van der Waals surface area contributed by atoms with E-state index in [1.54, 1.807) is 0 Å². The Kier molecular flexibility index (Phi) is 2.37. The van der Waals surface area contributed by atoms with Crippen molar-refractivity contribution in [2.75, 3.05) is 26.2 Å². The molecule has 0 unspecified atom stereocenters. The zero-order valence-electron chi connectivity index (χ0n) is 8.21. The highest BCUT2D eigenvalue weighted by Gasteiger charge is 2.38. The molecule has 1 N–H and O–H groups in total. The normalized spacial score (nSPS) is 44.0. The zero-order valence-corrected chi connectivity index (χ0v) is 8.21. The van der Waals surface area contributed by atoms with E-state index in [0.29, 0.717) is 0 Å². The summed E-state index contributed by atoms with van der Waals surface area (Å²) in [5.41, 5.74) is 0. The highest BCUT2D eigenvalue weighted by Crippen LogP contribution is 2.35. The van der Waals surface area contributed by atoms with Crippen LogP contribution in [-0.2, 0) is 0 Å². The molecule has 1 aliphatic carbocycles. The van der Waals surface area contributed by atoms with Gasteiger partial charge in [-0.05, 0) is 24.8 Å². The molecule has 2 nitrogen and oxygen atoms in total. The van der Waals surface area contributed by atoms with Gasteiger partial charge in [0, 0.05) is 25.7 Å². The Hall–Kier alpha value is -0.0800. The molecule has 2 fully saturated rings. The maximum Gasteiger partial charge on any atom is 0.0125 e. The molecule has 0 aromatic rings. The molecule has 1 aliphatic heterocycles. The maximum absolute atomic E-state index is 3.48. The predicted molar refractivity (Wildman–Crippen MR) is 51.2 cm³/mol. The Bertz CT molecular complexity index is 158. The lowest BCUT2D eigenvalue weighted by Crippen LogP contribution is -2.32. The average Bonchev–Trinajstić information content (AvgIpc) is 2.75. The first-order chi connectivity index (χ1) is 5.77. The molecule has 0 aromatic heterocycles. The molecule has 2 heteroatoms. The summed E-state index contributed by atoms with van der Waals surface area (Å²) in [6.07, 6.45) is 1.44. The highest BCUT2D eigenvalue weighted by atomic mass is 15.2. The van der Waals surface area contributed by atoms with Crippen molar-refractivity contribution in [1.29, 1.82) is 0 Å². The monoisotopic (exact) mass is 168 g/mol. The highest BCUT2D eigenvalue weighted by molar-refractivity contribution is 4.93. The van der Waals surface area contributed by atoms with E-state index >= 15 is 0 Å². The quantitative estimate of drug-likeness (QED) is 0.627. The van der Waals surface area contributed by atoms with Crippen LogP contribution in [0.2, 0.25) is 0 Å². The summed E-state index contributed by atoms with van der Waals surface area (Å²) in [6.45, 7) is 9.68. The first kappa shape index (κ1) is 8.52. The molecule has 3 atom stereocenters. The molecule has 2 rings (SSSR count). The molecular formula is C10H20N2. The molecule has 70 valence electrons. The van der Waals surface area contributed by atoms with Crippen LogP contribution in [0.3, 0.4) is 0 Å². The Morgan fingerprint density at radius 1 is 1.33 bits per heavy atom. The van der Waals surface area contributed by atoms with Crippen LogP contribution in [0, 0.1) is 11.8 Å². The van der Waals surface area contributed by atoms with Crippen molar-refractivity contribution in [3.63, 3.8) is 0 Å². The van der Waals surface area contributed by atoms with Gasteiger partial charge in [-0.25, -0.2) is 0 Å². The fraction of sp³-hybridized carbons (Fsp3) is 1.00. The molecule has 0 amide bonds. The third-order valence-electron chi connectivity index (χ3n) is 3.15. The number of hydrogen-bond acceptors (Lipinski definition) is 2. The lowest BCUT2D eigenvalue weighted by atomic mass is 10.2. The SMILES string of the molecule is C[C@@H]1CNCCN([C@H]2C[C@H]2C)C1. The molecule has 0 aromatic carbocycles. The lowest BCUT2D eigenvalue weighted by Gasteiger charge is -2.21. The first-order valence-corrected chi connectivity index (χ1v) is 5.22. The predicted octanol–water partition coefficient (Wildman–Crippen LogP) is 0.936. The van der Waals surface area contributed by atoms with E-state index in [1.807, 2.05) is 0 Å². The molecule has 0 radical (unpaired) electrons. The van der Waals surface area contributed by atoms with Crippen molar-refractivity contribution in [2.24, 2.45) is 11.8 Å². The van der Waals surface area contributed by atoms with Gasteiger partial charge >= 0.3 is 0 Å². The fourth-order valence-electron chi connectivity index (χ4n) is 2.24. The van der Waals surface area contributed by atoms with Gasteiger partial charge < -0.3 is 5.32 Å². The van der Waals surface area contributed by atoms with Gasteiger partial charge in [-0.3, -0.25) is 4.90 Å². The standard InChI is InChI=1S/C10H20N2/c1-8-6-11-3-4-12(7-8)10-5-9(10)2/h8-11H,3-7H2,1-2H3/t8-,9-,10+/m1/s1. The molecule has 12 heavy (non-hydrogen) atoms. The van der Waals surface area contributed by atoms with Crippen LogP contribution in [0.25, 0.3) is 0 Å². The minimum atomic E-state index is 0.834. The van der Waals surface area contributed by atoms with E-state index in [9.17, 15) is 0 Å². The zero-order chi connectivity index (χ0) is 8.55. The van der Waals surface area contributed by atoms with Gasteiger partial charge in [0.15, 0.2) is 0 Å². The van der Waals surface area contributed by atoms with Crippen molar-refractivity contribution >= 4 is 0 Å². The molecule has 2 aliphatic rings. The van der Waals surface area contributed by atoms with Crippen LogP contribution in [0.15, 0.2) is 0 Å². The summed E-state index contributed by atoms with van der Waals surface area (Å²) in [5, 5.41) is 3.48. The average molecular weight is 168 g/mol. The van der Waals surface area contributed by atoms with E-state index in [2.05, 4.69) is 24.1 Å². The van der Waals surface area contributed by atoms with Crippen LogP contribution in [0.1, 0.15) is 20.3 Å². The Morgan fingerprint density at radius 3 is 2.75 bits per heavy atom. The molecule has 1 saturated carbocycles. The summed E-state index contributed by atoms with van der Waals surface area (Å²) in [4.78, 5) is 2.68. The van der Waals surface area contributed by atoms with Crippen molar-refractivity contribution < 1.29 is 0 Å². The van der Waals surface area contributed by atoms with E-state index in [0.717, 1.165) is 17.9 Å². The molecule has 1 saturated heterocycles. The topological polar surface area (TPSA) is 15.3 Å². The van der Waals surface area contributed by atoms with Crippen LogP contribution >= 0.6 is 0 Å². The van der Waals surface area contributed by atoms with Crippen molar-refractivity contribution in [3.05, 3.63) is 0 Å². The second kappa shape index (κ2) is 3.35. The fourth-order valence-corrected chi connectivity index (χ4v) is 2.24. The minimum absolute atomic E-state index is 0.834. The Labute approximate surface area is 75.3 Å². The Morgan fingerprint density at radius 2 is 2.08 bits per heavy atom. The third kappa shape index (κ3) is 1.80. The first-order valence-electron chi connectivity index (χ1n) is 5.22. The summed E-state index contributed by atoms with van der Waals surface area (Å²) < 4.78 is 0. The van der Waals surface area contributed by atoms with E-state index in [4.69, 9.17) is 0 Å². The van der Waals surface area contributed by atoms with Crippen molar-refractivity contribution in [1.82, 2.24) is 10.2 Å². The van der Waals surface area contributed by atoms with E-state index in [-0.39, 0.29) is 0 Å². The third-order valence-corrected chi connectivity index (χ3v) is 3.15. The number of nitrogens with zero attached hydrogens (tertiary/aromatic N) is 1. The minimum Gasteiger partial charge on any atom is -0.315 e. The van der Waals surface area contributed by atoms with Gasteiger partial charge in [-0.15, -0.1) is 0 Å². The molecule has 1 heterocycles. The number of hydrogen-bond donors (Lipinski definition) is 1. The summed E-state index contributed by atoms with van der Waals surface area (Å²) in [7, 11) is 0. The second-order valence-electron chi connectivity index (χ2n) is 4.58. The van der Waals surface area contributed by atoms with Crippen LogP contribution in [-0.4, -0.2) is 37.1 Å². The lowest BCUT2D eigenvalue weighted by molar-refractivity contribution is 0.246. The van der Waals surface area contributed by atoms with E-state index < -0.39 is 0 Å². The number of nitrogens with one attached hydrogen (secondary N) is 1. The maximum atomic E-state index is 3.48. The summed E-state index contributed by atoms with van der Waals surface area (Å²) >= 11 is 0. The smallest absolute Gasteiger partial charge is 0.0125 e. The number of rotatable bonds is 1. The van der Waals surface area contributed by atoms with Gasteiger partial charge in [0.05, 0.1) is 0 Å². The van der Waals surface area contributed by atoms with Crippen LogP contribution in [0.4, 0.5) is 0 Å². The molecule has 0 bridgehead atoms. The molecular weight excluding hydrogens is 148 g/mol. The summed E-state index contributed by atoms with van der Waals surface area (Å²) in [6, 6.07) is 0.923. The Balaban J connectivity index is 1.87. The second-order valence-corrected chi connectivity index (χ2v) is 4.58. The van der Waals surface area contributed by atoms with E-state index in [1.165, 1.54) is 32.6 Å². The van der Waals surface area contributed by atoms with Gasteiger partial charge in [0.1, 0.15) is 0 Å². The largest absolute Gasteiger partial charge is 0.315 e. The summed E-state index contributed by atoms with van der Waals surface area (Å²) in [5.74, 6) is 1.80. The van der Waals surface area contributed by atoms with Crippen molar-refractivity contribution in [2.45, 2.75) is 26.3 Å². The molecule has 0 spiro atoms. The van der Waals surface area contributed by atoms with Crippen LogP contribution in [0.5, 0.6) is 0 Å². The van der Waals surface area contributed by atoms with Gasteiger partial charge in [-0.2, -0.15) is 0 Å². The van der Waals surface area contributed by atoms with Crippen LogP contribution < -0.4 is 5.32 Å². The van der Waals surface area contributed by atoms with Gasteiger partial charge in [-0.1, -0.05) is 13.8 Å².